The largest absolute Gasteiger partial charge is 0.345 e. The summed E-state index contributed by atoms with van der Waals surface area (Å²) in [7, 11) is -3.74. The number of hydrogen-bond donors (Lipinski definition) is 2. The fraction of sp³-hybridized carbons (Fsp3) is 0.208. The van der Waals surface area contributed by atoms with E-state index in [9.17, 15) is 13.2 Å². The van der Waals surface area contributed by atoms with Crippen LogP contribution in [0.15, 0.2) is 71.6 Å². The molecule has 1 atom stereocenters. The van der Waals surface area contributed by atoms with Crippen LogP contribution in [-0.2, 0) is 10.0 Å². The van der Waals surface area contributed by atoms with E-state index in [4.69, 9.17) is 0 Å². The zero-order chi connectivity index (χ0) is 21.9. The molecule has 3 aromatic rings. The van der Waals surface area contributed by atoms with Gasteiger partial charge in [-0.2, -0.15) is 0 Å². The van der Waals surface area contributed by atoms with E-state index in [0.29, 0.717) is 16.8 Å². The zero-order valence-electron chi connectivity index (χ0n) is 17.6. The maximum absolute atomic E-state index is 12.9. The number of carbonyl (C=O) groups is 1. The van der Waals surface area contributed by atoms with Crippen molar-refractivity contribution in [2.75, 3.05) is 4.72 Å². The second-order valence-electron chi connectivity index (χ2n) is 7.45. The fourth-order valence-corrected chi connectivity index (χ4v) is 4.52. The first-order valence-corrected chi connectivity index (χ1v) is 11.2. The highest BCUT2D eigenvalue weighted by Gasteiger charge is 2.19. The average molecular weight is 423 g/mol. The van der Waals surface area contributed by atoms with Gasteiger partial charge in [-0.15, -0.1) is 0 Å². The number of nitrogens with one attached hydrogen (secondary N) is 2. The predicted molar refractivity (Wildman–Crippen MR) is 120 cm³/mol. The molecule has 0 saturated carbocycles. The molecule has 3 aromatic carbocycles. The number of anilines is 1. The van der Waals surface area contributed by atoms with E-state index in [1.807, 2.05) is 32.9 Å². The lowest BCUT2D eigenvalue weighted by Crippen LogP contribution is -2.28. The summed E-state index contributed by atoms with van der Waals surface area (Å²) in [6, 6.07) is 19.1. The summed E-state index contributed by atoms with van der Waals surface area (Å²) in [5, 5.41) is 3.03. The molecule has 30 heavy (non-hydrogen) atoms. The molecule has 0 aromatic heterocycles. The second kappa shape index (κ2) is 8.71. The minimum atomic E-state index is -3.74. The smallest absolute Gasteiger partial charge is 0.261 e. The number of benzene rings is 3. The number of hydrogen-bond acceptors (Lipinski definition) is 3. The first kappa shape index (κ1) is 21.6. The lowest BCUT2D eigenvalue weighted by molar-refractivity contribution is 0.0939. The molecule has 2 N–H and O–H groups in total. The van der Waals surface area contributed by atoms with Crippen molar-refractivity contribution < 1.29 is 13.2 Å². The number of carbonyl (C=O) groups excluding carboxylic acids is 1. The monoisotopic (exact) mass is 422 g/mol. The number of amides is 1. The molecule has 5 nitrogen and oxygen atoms in total. The number of aryl methyl sites for hydroxylation is 2. The van der Waals surface area contributed by atoms with E-state index < -0.39 is 10.0 Å². The molecule has 3 rings (SSSR count). The number of sulfonamides is 1. The van der Waals surface area contributed by atoms with Gasteiger partial charge in [-0.05, 0) is 68.7 Å². The molecule has 0 radical (unpaired) electrons. The summed E-state index contributed by atoms with van der Waals surface area (Å²) in [6.45, 7) is 7.71. The molecule has 0 aliphatic heterocycles. The van der Waals surface area contributed by atoms with Crippen LogP contribution in [-0.4, -0.2) is 14.3 Å². The van der Waals surface area contributed by atoms with Crippen LogP contribution < -0.4 is 10.0 Å². The Balaban J connectivity index is 1.84. The molecule has 0 fully saturated rings. The van der Waals surface area contributed by atoms with E-state index in [0.717, 1.165) is 16.7 Å². The van der Waals surface area contributed by atoms with Gasteiger partial charge in [0, 0.05) is 5.56 Å². The van der Waals surface area contributed by atoms with Crippen LogP contribution in [0.2, 0.25) is 0 Å². The molecule has 6 heteroatoms. The van der Waals surface area contributed by atoms with Crippen LogP contribution in [0.5, 0.6) is 0 Å². The van der Waals surface area contributed by atoms with E-state index >= 15 is 0 Å². The highest BCUT2D eigenvalue weighted by molar-refractivity contribution is 7.92. The third-order valence-corrected chi connectivity index (χ3v) is 6.51. The standard InChI is InChI=1S/C24H26N2O3S/c1-16-13-14-17(2)22(15-16)19(4)25-24(27)21-11-8-12-23(18(21)3)26-30(28,29)20-9-6-5-7-10-20/h5-15,19,26H,1-4H3,(H,25,27)/t19-/m0/s1. The van der Waals surface area contributed by atoms with Gasteiger partial charge in [0.05, 0.1) is 16.6 Å². The van der Waals surface area contributed by atoms with Gasteiger partial charge in [0.25, 0.3) is 15.9 Å². The Morgan fingerprint density at radius 1 is 0.900 bits per heavy atom. The van der Waals surface area contributed by atoms with Crippen molar-refractivity contribution in [3.05, 3.63) is 94.5 Å². The minimum Gasteiger partial charge on any atom is -0.345 e. The minimum absolute atomic E-state index is 0.169. The van der Waals surface area contributed by atoms with Gasteiger partial charge in [0.2, 0.25) is 0 Å². The fourth-order valence-electron chi connectivity index (χ4n) is 3.37. The summed E-state index contributed by atoms with van der Waals surface area (Å²) in [5.41, 5.74) is 4.68. The third kappa shape index (κ3) is 4.71. The predicted octanol–water partition coefficient (Wildman–Crippen LogP) is 4.90. The topological polar surface area (TPSA) is 75.3 Å². The first-order chi connectivity index (χ1) is 14.2. The Bertz CT molecular complexity index is 1170. The van der Waals surface area contributed by atoms with Crippen LogP contribution >= 0.6 is 0 Å². The molecule has 0 spiro atoms. The van der Waals surface area contributed by atoms with E-state index in [1.165, 1.54) is 12.1 Å². The first-order valence-electron chi connectivity index (χ1n) is 9.74. The van der Waals surface area contributed by atoms with Crippen molar-refractivity contribution >= 4 is 21.6 Å². The lowest BCUT2D eigenvalue weighted by atomic mass is 9.99. The molecule has 0 heterocycles. The van der Waals surface area contributed by atoms with E-state index in [2.05, 4.69) is 16.1 Å². The van der Waals surface area contributed by atoms with Gasteiger partial charge in [-0.3, -0.25) is 9.52 Å². The summed E-state index contributed by atoms with van der Waals surface area (Å²) < 4.78 is 27.9. The molecular formula is C24H26N2O3S. The van der Waals surface area contributed by atoms with Crippen molar-refractivity contribution in [2.45, 2.75) is 38.6 Å². The summed E-state index contributed by atoms with van der Waals surface area (Å²) >= 11 is 0. The summed E-state index contributed by atoms with van der Waals surface area (Å²) in [5.74, 6) is -0.248. The van der Waals surface area contributed by atoms with Crippen molar-refractivity contribution in [1.82, 2.24) is 5.32 Å². The van der Waals surface area contributed by atoms with Gasteiger partial charge in [-0.25, -0.2) is 8.42 Å². The molecule has 1 amide bonds. The van der Waals surface area contributed by atoms with E-state index in [1.54, 1.807) is 43.3 Å². The van der Waals surface area contributed by atoms with Gasteiger partial charge in [0.15, 0.2) is 0 Å². The molecule has 0 aliphatic carbocycles. The van der Waals surface area contributed by atoms with E-state index in [-0.39, 0.29) is 16.8 Å². The molecule has 156 valence electrons. The molecule has 0 bridgehead atoms. The molecule has 0 saturated heterocycles. The molecule has 0 unspecified atom stereocenters. The lowest BCUT2D eigenvalue weighted by Gasteiger charge is -2.19. The SMILES string of the molecule is Cc1ccc(C)c([C@H](C)NC(=O)c2cccc(NS(=O)(=O)c3ccccc3)c2C)c1. The normalized spacial score (nSPS) is 12.3. The second-order valence-corrected chi connectivity index (χ2v) is 9.13. The quantitative estimate of drug-likeness (QED) is 0.593. The van der Waals surface area contributed by atoms with Crippen LogP contribution in [0.25, 0.3) is 0 Å². The van der Waals surface area contributed by atoms with Crippen molar-refractivity contribution in [3.8, 4) is 0 Å². The highest BCUT2D eigenvalue weighted by Crippen LogP contribution is 2.24. The molecule has 0 aliphatic rings. The maximum atomic E-state index is 12.9. The van der Waals surface area contributed by atoms with Gasteiger partial charge >= 0.3 is 0 Å². The Morgan fingerprint density at radius 2 is 1.60 bits per heavy atom. The number of rotatable bonds is 6. The Morgan fingerprint density at radius 3 is 2.30 bits per heavy atom. The molecular weight excluding hydrogens is 396 g/mol. The summed E-state index contributed by atoms with van der Waals surface area (Å²) in [6.07, 6.45) is 0. The zero-order valence-corrected chi connectivity index (χ0v) is 18.4. The highest BCUT2D eigenvalue weighted by atomic mass is 32.2. The van der Waals surface area contributed by atoms with Gasteiger partial charge < -0.3 is 5.32 Å². The van der Waals surface area contributed by atoms with Crippen LogP contribution in [0.3, 0.4) is 0 Å². The van der Waals surface area contributed by atoms with Gasteiger partial charge in [0.1, 0.15) is 0 Å². The van der Waals surface area contributed by atoms with Crippen LogP contribution in [0.1, 0.15) is 45.6 Å². The third-order valence-electron chi connectivity index (χ3n) is 5.13. The average Bonchev–Trinajstić information content (AvgIpc) is 2.71. The van der Waals surface area contributed by atoms with Crippen LogP contribution in [0, 0.1) is 20.8 Å². The van der Waals surface area contributed by atoms with Crippen molar-refractivity contribution in [3.63, 3.8) is 0 Å². The Hall–Kier alpha value is -3.12. The maximum Gasteiger partial charge on any atom is 0.261 e. The van der Waals surface area contributed by atoms with Gasteiger partial charge in [-0.1, -0.05) is 48.0 Å². The Labute approximate surface area is 178 Å². The van der Waals surface area contributed by atoms with Crippen molar-refractivity contribution in [1.29, 1.82) is 0 Å². The van der Waals surface area contributed by atoms with Crippen molar-refractivity contribution in [2.24, 2.45) is 0 Å². The summed E-state index contributed by atoms with van der Waals surface area (Å²) in [4.78, 5) is 13.1. The van der Waals surface area contributed by atoms with Crippen LogP contribution in [0.4, 0.5) is 5.69 Å². The Kier molecular flexibility index (Phi) is 6.27.